The van der Waals surface area contributed by atoms with E-state index in [-0.39, 0.29) is 41.8 Å². The average molecular weight is 447 g/mol. The van der Waals surface area contributed by atoms with Crippen molar-refractivity contribution in [3.05, 3.63) is 66.7 Å². The van der Waals surface area contributed by atoms with Crippen molar-refractivity contribution >= 4 is 21.7 Å². The molecular weight excluding hydrogens is 429 g/mol. The van der Waals surface area contributed by atoms with Crippen LogP contribution in [0.4, 0.5) is 10.1 Å². The number of ether oxygens (including phenoxy) is 2. The highest BCUT2D eigenvalue weighted by atomic mass is 32.2. The summed E-state index contributed by atoms with van der Waals surface area (Å²) in [7, 11) is -4.05. The fourth-order valence-electron chi connectivity index (χ4n) is 2.42. The number of carbonyl (C=O) groups is 1. The van der Waals surface area contributed by atoms with Gasteiger partial charge in [-0.15, -0.1) is 0 Å². The van der Waals surface area contributed by atoms with Crippen LogP contribution in [-0.2, 0) is 14.8 Å². The molecule has 2 aromatic carbocycles. The van der Waals surface area contributed by atoms with E-state index in [0.29, 0.717) is 5.75 Å². The first-order valence-corrected chi connectivity index (χ1v) is 10.5. The summed E-state index contributed by atoms with van der Waals surface area (Å²) >= 11 is 0. The van der Waals surface area contributed by atoms with Crippen molar-refractivity contribution in [1.29, 1.82) is 0 Å². The normalized spacial score (nSPS) is 11.0. The fourth-order valence-corrected chi connectivity index (χ4v) is 3.49. The highest BCUT2D eigenvalue weighted by Gasteiger charge is 2.17. The zero-order valence-electron chi connectivity index (χ0n) is 16.1. The summed E-state index contributed by atoms with van der Waals surface area (Å²) in [5.41, 5.74) is 0.246. The highest BCUT2D eigenvalue weighted by Crippen LogP contribution is 2.25. The molecular formula is C20H18FN3O6S. The van der Waals surface area contributed by atoms with Crippen LogP contribution in [0.3, 0.4) is 0 Å². The Labute approximate surface area is 177 Å². The van der Waals surface area contributed by atoms with Gasteiger partial charge in [0, 0.05) is 24.5 Å². The number of carboxylic acid groups (broad SMARTS) is 1. The first kappa shape index (κ1) is 22.0. The second kappa shape index (κ2) is 9.85. The number of aliphatic carboxylic acids is 1. The first-order valence-electron chi connectivity index (χ1n) is 9.05. The monoisotopic (exact) mass is 447 g/mol. The van der Waals surface area contributed by atoms with Gasteiger partial charge in [0.25, 0.3) is 10.0 Å². The SMILES string of the molecule is O=C(O)CCCOc1ccc(S(=O)(=O)Nc2ccc(Oc3ncccn3)cc2)cc1F. The molecule has 11 heteroatoms. The van der Waals surface area contributed by atoms with Gasteiger partial charge in [0.15, 0.2) is 11.6 Å². The summed E-state index contributed by atoms with van der Waals surface area (Å²) in [5.74, 6) is -1.60. The molecule has 0 fully saturated rings. The standard InChI is InChI=1S/C20H18FN3O6S/c21-17-13-16(8-9-18(17)29-12-1-3-19(25)26)31(27,28)24-14-4-6-15(7-5-14)30-20-22-10-2-11-23-20/h2,4-11,13,24H,1,3,12H2,(H,25,26). The van der Waals surface area contributed by atoms with Crippen molar-refractivity contribution in [2.75, 3.05) is 11.3 Å². The van der Waals surface area contributed by atoms with E-state index in [1.165, 1.54) is 48.8 Å². The topological polar surface area (TPSA) is 128 Å². The lowest BCUT2D eigenvalue weighted by atomic mass is 10.3. The molecule has 0 aliphatic rings. The third-order valence-electron chi connectivity index (χ3n) is 3.86. The molecule has 0 saturated heterocycles. The van der Waals surface area contributed by atoms with Crippen LogP contribution in [0, 0.1) is 5.82 Å². The number of rotatable bonds is 10. The van der Waals surface area contributed by atoms with Gasteiger partial charge in [-0.1, -0.05) is 0 Å². The van der Waals surface area contributed by atoms with Gasteiger partial charge in [-0.2, -0.15) is 0 Å². The van der Waals surface area contributed by atoms with Crippen molar-refractivity contribution in [1.82, 2.24) is 9.97 Å². The molecule has 31 heavy (non-hydrogen) atoms. The quantitative estimate of drug-likeness (QED) is 0.452. The lowest BCUT2D eigenvalue weighted by Crippen LogP contribution is -2.13. The molecule has 0 unspecified atom stereocenters. The van der Waals surface area contributed by atoms with E-state index in [1.807, 2.05) is 0 Å². The molecule has 0 radical (unpaired) electrons. The third-order valence-corrected chi connectivity index (χ3v) is 5.24. The molecule has 3 aromatic rings. The smallest absolute Gasteiger partial charge is 0.321 e. The Morgan fingerprint density at radius 1 is 1.10 bits per heavy atom. The van der Waals surface area contributed by atoms with Gasteiger partial charge >= 0.3 is 12.0 Å². The average Bonchev–Trinajstić information content (AvgIpc) is 2.74. The van der Waals surface area contributed by atoms with Crippen LogP contribution >= 0.6 is 0 Å². The Balaban J connectivity index is 1.63. The number of halogens is 1. The maximum atomic E-state index is 14.2. The Morgan fingerprint density at radius 2 is 1.81 bits per heavy atom. The van der Waals surface area contributed by atoms with Gasteiger partial charge in [-0.3, -0.25) is 9.52 Å². The fraction of sp³-hybridized carbons (Fsp3) is 0.150. The van der Waals surface area contributed by atoms with Crippen LogP contribution in [0.5, 0.6) is 17.5 Å². The first-order chi connectivity index (χ1) is 14.8. The van der Waals surface area contributed by atoms with E-state index >= 15 is 0 Å². The molecule has 0 amide bonds. The van der Waals surface area contributed by atoms with E-state index in [2.05, 4.69) is 14.7 Å². The largest absolute Gasteiger partial charge is 0.491 e. The van der Waals surface area contributed by atoms with Gasteiger partial charge in [0.2, 0.25) is 0 Å². The van der Waals surface area contributed by atoms with E-state index in [1.54, 1.807) is 6.07 Å². The van der Waals surface area contributed by atoms with Gasteiger partial charge in [-0.25, -0.2) is 22.8 Å². The maximum absolute atomic E-state index is 14.2. The molecule has 1 aromatic heterocycles. The Kier molecular flexibility index (Phi) is 6.98. The number of anilines is 1. The Hall–Kier alpha value is -3.73. The summed E-state index contributed by atoms with van der Waals surface area (Å²) in [6.45, 7) is -0.00396. The zero-order valence-corrected chi connectivity index (χ0v) is 16.9. The van der Waals surface area contributed by atoms with E-state index in [0.717, 1.165) is 6.07 Å². The number of benzene rings is 2. The molecule has 0 aliphatic heterocycles. The lowest BCUT2D eigenvalue weighted by molar-refractivity contribution is -0.137. The number of sulfonamides is 1. The summed E-state index contributed by atoms with van der Waals surface area (Å²) in [4.78, 5) is 18.0. The van der Waals surface area contributed by atoms with Crippen molar-refractivity contribution < 1.29 is 32.2 Å². The van der Waals surface area contributed by atoms with Crippen LogP contribution < -0.4 is 14.2 Å². The second-order valence-corrected chi connectivity index (χ2v) is 7.88. The molecule has 3 rings (SSSR count). The van der Waals surface area contributed by atoms with Crippen molar-refractivity contribution in [2.45, 2.75) is 17.7 Å². The molecule has 0 aliphatic carbocycles. The molecule has 2 N–H and O–H groups in total. The number of aromatic nitrogens is 2. The molecule has 162 valence electrons. The Bertz CT molecular complexity index is 1140. The van der Waals surface area contributed by atoms with Crippen molar-refractivity contribution in [3.8, 4) is 17.5 Å². The van der Waals surface area contributed by atoms with E-state index < -0.39 is 21.8 Å². The number of carboxylic acids is 1. The molecule has 0 bridgehead atoms. The van der Waals surface area contributed by atoms with Gasteiger partial charge in [0.1, 0.15) is 5.75 Å². The van der Waals surface area contributed by atoms with Crippen molar-refractivity contribution in [3.63, 3.8) is 0 Å². The summed E-state index contributed by atoms with van der Waals surface area (Å²) in [5, 5.41) is 8.58. The van der Waals surface area contributed by atoms with Crippen LogP contribution in [0.25, 0.3) is 0 Å². The number of nitrogens with zero attached hydrogens (tertiary/aromatic N) is 2. The summed E-state index contributed by atoms with van der Waals surface area (Å²) in [6.07, 6.45) is 3.14. The van der Waals surface area contributed by atoms with E-state index in [4.69, 9.17) is 14.6 Å². The van der Waals surface area contributed by atoms with E-state index in [9.17, 15) is 17.6 Å². The van der Waals surface area contributed by atoms with Gasteiger partial charge in [-0.05, 0) is 55.0 Å². The molecule has 0 atom stereocenters. The predicted octanol–water partition coefficient (Wildman–Crippen LogP) is 3.45. The van der Waals surface area contributed by atoms with Gasteiger partial charge < -0.3 is 14.6 Å². The highest BCUT2D eigenvalue weighted by molar-refractivity contribution is 7.92. The molecule has 1 heterocycles. The lowest BCUT2D eigenvalue weighted by Gasteiger charge is -2.11. The minimum atomic E-state index is -4.05. The minimum absolute atomic E-state index is 0.00396. The van der Waals surface area contributed by atoms with Crippen LogP contribution in [0.1, 0.15) is 12.8 Å². The summed E-state index contributed by atoms with van der Waals surface area (Å²) < 4.78 is 52.2. The number of hydrogen-bond donors (Lipinski definition) is 2. The number of hydrogen-bond acceptors (Lipinski definition) is 7. The zero-order chi connectivity index (χ0) is 22.3. The molecule has 0 spiro atoms. The van der Waals surface area contributed by atoms with Crippen molar-refractivity contribution in [2.24, 2.45) is 0 Å². The van der Waals surface area contributed by atoms with Gasteiger partial charge in [0.05, 0.1) is 11.5 Å². The number of nitrogens with one attached hydrogen (secondary N) is 1. The molecule has 0 saturated carbocycles. The third kappa shape index (κ3) is 6.37. The minimum Gasteiger partial charge on any atom is -0.491 e. The summed E-state index contributed by atoms with van der Waals surface area (Å²) in [6, 6.07) is 11.0. The van der Waals surface area contributed by atoms with Crippen LogP contribution in [-0.4, -0.2) is 36.1 Å². The van der Waals surface area contributed by atoms with Crippen LogP contribution in [0.2, 0.25) is 0 Å². The van der Waals surface area contributed by atoms with Crippen LogP contribution in [0.15, 0.2) is 65.8 Å². The maximum Gasteiger partial charge on any atom is 0.321 e. The second-order valence-electron chi connectivity index (χ2n) is 6.20. The molecule has 9 nitrogen and oxygen atoms in total. The predicted molar refractivity (Wildman–Crippen MR) is 108 cm³/mol. The Morgan fingerprint density at radius 3 is 2.45 bits per heavy atom.